The molecule has 0 aliphatic heterocycles. The van der Waals surface area contributed by atoms with Crippen molar-refractivity contribution in [2.24, 2.45) is 0 Å². The standard InChI is InChI=1S/C19H18N2O5.H3O4P/c1-24-11-9-15(25-2)12(16(10-11)26-3)7-8-17-20-14-6-4-5-13(19(22)23)18(14)21-17;1-5(2,3)4/h4-10H,1-3H3,(H,20,21)(H,22,23);(H3,1,2,3,4). The smallest absolute Gasteiger partial charge is 0.466 e. The Morgan fingerprint density at radius 2 is 1.61 bits per heavy atom. The maximum atomic E-state index is 11.3. The van der Waals surface area contributed by atoms with E-state index < -0.39 is 13.8 Å². The molecule has 0 amide bonds. The van der Waals surface area contributed by atoms with Gasteiger partial charge in [-0.25, -0.2) is 14.3 Å². The highest BCUT2D eigenvalue weighted by Gasteiger charge is 2.13. The summed E-state index contributed by atoms with van der Waals surface area (Å²) in [5.41, 5.74) is 1.95. The molecule has 1 heterocycles. The molecule has 0 spiro atoms. The SMILES string of the molecule is COc1cc(OC)c(C=Cc2nc3cccc(C(=O)O)c3[nH]2)c(OC)c1.O=P(O)(O)O. The van der Waals surface area contributed by atoms with Crippen LogP contribution in [0.5, 0.6) is 17.2 Å². The fourth-order valence-corrected chi connectivity index (χ4v) is 2.67. The molecule has 3 rings (SSSR count). The van der Waals surface area contributed by atoms with E-state index in [9.17, 15) is 9.90 Å². The Balaban J connectivity index is 0.000000614. The summed E-state index contributed by atoms with van der Waals surface area (Å²) in [5.74, 6) is 1.30. The van der Waals surface area contributed by atoms with Crippen molar-refractivity contribution >= 4 is 37.0 Å². The minimum atomic E-state index is -4.64. The summed E-state index contributed by atoms with van der Waals surface area (Å²) in [6.45, 7) is 0. The lowest BCUT2D eigenvalue weighted by atomic mass is 10.1. The lowest BCUT2D eigenvalue weighted by Crippen LogP contribution is -1.96. The molecule has 0 atom stereocenters. The van der Waals surface area contributed by atoms with Gasteiger partial charge in [0.05, 0.1) is 43.5 Å². The van der Waals surface area contributed by atoms with Gasteiger partial charge >= 0.3 is 13.8 Å². The number of rotatable bonds is 6. The van der Waals surface area contributed by atoms with Crippen LogP contribution in [0.15, 0.2) is 30.3 Å². The fourth-order valence-electron chi connectivity index (χ4n) is 2.67. The number of carboxylic acid groups (broad SMARTS) is 1. The molecule has 0 bridgehead atoms. The Hall–Kier alpha value is -3.37. The first kappa shape index (κ1) is 23.9. The molecule has 0 aliphatic carbocycles. The van der Waals surface area contributed by atoms with Crippen LogP contribution in [0.3, 0.4) is 0 Å². The van der Waals surface area contributed by atoms with E-state index in [0.29, 0.717) is 34.1 Å². The van der Waals surface area contributed by atoms with Crippen LogP contribution in [-0.4, -0.2) is 57.1 Å². The molecule has 5 N–H and O–H groups in total. The third-order valence-corrected chi connectivity index (χ3v) is 3.93. The van der Waals surface area contributed by atoms with Crippen LogP contribution in [-0.2, 0) is 4.57 Å². The Morgan fingerprint density at radius 3 is 2.10 bits per heavy atom. The zero-order valence-corrected chi connectivity index (χ0v) is 17.7. The monoisotopic (exact) mass is 452 g/mol. The van der Waals surface area contributed by atoms with Crippen molar-refractivity contribution in [1.29, 1.82) is 0 Å². The van der Waals surface area contributed by atoms with Crippen LogP contribution < -0.4 is 14.2 Å². The van der Waals surface area contributed by atoms with E-state index in [2.05, 4.69) is 9.97 Å². The first-order valence-corrected chi connectivity index (χ1v) is 10.1. The van der Waals surface area contributed by atoms with E-state index in [1.807, 2.05) is 0 Å². The summed E-state index contributed by atoms with van der Waals surface area (Å²) in [7, 11) is 0.0515. The van der Waals surface area contributed by atoms with E-state index in [0.717, 1.165) is 5.56 Å². The second-order valence-corrected chi connectivity index (χ2v) is 6.95. The highest BCUT2D eigenvalue weighted by molar-refractivity contribution is 7.45. The quantitative estimate of drug-likeness (QED) is 0.350. The Bertz CT molecular complexity index is 1120. The van der Waals surface area contributed by atoms with E-state index in [4.69, 9.17) is 33.5 Å². The van der Waals surface area contributed by atoms with Crippen molar-refractivity contribution in [2.75, 3.05) is 21.3 Å². The zero-order chi connectivity index (χ0) is 23.2. The van der Waals surface area contributed by atoms with Gasteiger partial charge in [-0.05, 0) is 24.3 Å². The summed E-state index contributed by atoms with van der Waals surface area (Å²) in [6, 6.07) is 8.46. The molecular formula is C19H21N2O9P. The molecule has 166 valence electrons. The van der Waals surface area contributed by atoms with Crippen LogP contribution in [0, 0.1) is 0 Å². The van der Waals surface area contributed by atoms with Gasteiger partial charge in [0, 0.05) is 12.1 Å². The average molecular weight is 452 g/mol. The van der Waals surface area contributed by atoms with Gasteiger partial charge in [0.25, 0.3) is 0 Å². The van der Waals surface area contributed by atoms with Gasteiger partial charge in [0.15, 0.2) is 0 Å². The number of hydrogen-bond donors (Lipinski definition) is 5. The van der Waals surface area contributed by atoms with E-state index >= 15 is 0 Å². The minimum Gasteiger partial charge on any atom is -0.496 e. The number of hydrogen-bond acceptors (Lipinski definition) is 6. The van der Waals surface area contributed by atoms with Crippen LogP contribution in [0.4, 0.5) is 0 Å². The molecule has 0 saturated carbocycles. The van der Waals surface area contributed by atoms with Gasteiger partial charge in [0.2, 0.25) is 0 Å². The molecule has 1 aromatic heterocycles. The summed E-state index contributed by atoms with van der Waals surface area (Å²) in [4.78, 5) is 40.3. The first-order valence-electron chi connectivity index (χ1n) is 8.55. The highest BCUT2D eigenvalue weighted by atomic mass is 31.2. The zero-order valence-electron chi connectivity index (χ0n) is 16.8. The number of imidazole rings is 1. The molecule has 12 heteroatoms. The maximum Gasteiger partial charge on any atom is 0.466 e. The largest absolute Gasteiger partial charge is 0.496 e. The van der Waals surface area contributed by atoms with Gasteiger partial charge in [-0.3, -0.25) is 0 Å². The second-order valence-electron chi connectivity index (χ2n) is 5.92. The fraction of sp³-hybridized carbons (Fsp3) is 0.158. The number of phosphoric acid groups is 1. The van der Waals surface area contributed by atoms with E-state index in [-0.39, 0.29) is 5.56 Å². The van der Waals surface area contributed by atoms with Crippen LogP contribution >= 0.6 is 7.82 Å². The number of nitrogens with one attached hydrogen (secondary N) is 1. The maximum absolute atomic E-state index is 11.3. The van der Waals surface area contributed by atoms with Crippen molar-refractivity contribution in [3.8, 4) is 17.2 Å². The van der Waals surface area contributed by atoms with Gasteiger partial charge in [-0.1, -0.05) is 6.07 Å². The number of H-pyrrole nitrogens is 1. The average Bonchev–Trinajstić information content (AvgIpc) is 3.13. The van der Waals surface area contributed by atoms with Crippen molar-refractivity contribution < 1.29 is 43.4 Å². The second kappa shape index (κ2) is 10.1. The van der Waals surface area contributed by atoms with E-state index in [1.54, 1.807) is 57.7 Å². The number of methoxy groups -OCH3 is 3. The van der Waals surface area contributed by atoms with Crippen molar-refractivity contribution in [3.05, 3.63) is 47.3 Å². The number of aromatic amines is 1. The van der Waals surface area contributed by atoms with Gasteiger partial charge in [0.1, 0.15) is 23.1 Å². The topological polar surface area (TPSA) is 171 Å². The predicted octanol–water partition coefficient (Wildman–Crippen LogP) is 2.53. The molecule has 0 saturated heterocycles. The summed E-state index contributed by atoms with van der Waals surface area (Å²) >= 11 is 0. The van der Waals surface area contributed by atoms with Crippen molar-refractivity contribution in [2.45, 2.75) is 0 Å². The minimum absolute atomic E-state index is 0.175. The van der Waals surface area contributed by atoms with Crippen LogP contribution in [0.1, 0.15) is 21.7 Å². The van der Waals surface area contributed by atoms with Crippen LogP contribution in [0.25, 0.3) is 23.2 Å². The number of aromatic carboxylic acids is 1. The number of nitrogens with zero attached hydrogens (tertiary/aromatic N) is 1. The van der Waals surface area contributed by atoms with Gasteiger partial charge in [-0.15, -0.1) is 0 Å². The van der Waals surface area contributed by atoms with Gasteiger partial charge < -0.3 is 39.0 Å². The Morgan fingerprint density at radius 1 is 1.03 bits per heavy atom. The molecule has 2 aromatic carbocycles. The van der Waals surface area contributed by atoms with Crippen molar-refractivity contribution in [3.63, 3.8) is 0 Å². The van der Waals surface area contributed by atoms with Crippen molar-refractivity contribution in [1.82, 2.24) is 9.97 Å². The lowest BCUT2D eigenvalue weighted by molar-refractivity contribution is 0.0698. The summed E-state index contributed by atoms with van der Waals surface area (Å²) in [6.07, 6.45) is 3.52. The molecule has 0 fully saturated rings. The van der Waals surface area contributed by atoms with Crippen LogP contribution in [0.2, 0.25) is 0 Å². The number of carboxylic acids is 1. The first-order chi connectivity index (χ1) is 14.6. The third kappa shape index (κ3) is 6.56. The molecule has 0 aliphatic rings. The number of benzene rings is 2. The third-order valence-electron chi connectivity index (χ3n) is 3.93. The molecule has 31 heavy (non-hydrogen) atoms. The normalized spacial score (nSPS) is 11.2. The summed E-state index contributed by atoms with van der Waals surface area (Å²) < 4.78 is 24.9. The number of aromatic nitrogens is 2. The molecule has 0 radical (unpaired) electrons. The predicted molar refractivity (Wildman–Crippen MR) is 112 cm³/mol. The number of carbonyl (C=O) groups is 1. The lowest BCUT2D eigenvalue weighted by Gasteiger charge is -2.12. The number of fused-ring (bicyclic) bond motifs is 1. The number of para-hydroxylation sites is 1. The molecular weight excluding hydrogens is 431 g/mol. The van der Waals surface area contributed by atoms with E-state index in [1.165, 1.54) is 6.07 Å². The Kier molecular flexibility index (Phi) is 7.78. The molecule has 3 aromatic rings. The molecule has 0 unspecified atom stereocenters. The summed E-state index contributed by atoms with van der Waals surface area (Å²) in [5, 5.41) is 9.28. The Labute approximate surface area is 176 Å². The highest BCUT2D eigenvalue weighted by Crippen LogP contribution is 2.35. The molecule has 11 nitrogen and oxygen atoms in total. The number of ether oxygens (including phenoxy) is 3. The van der Waals surface area contributed by atoms with Gasteiger partial charge in [-0.2, -0.15) is 0 Å².